The van der Waals surface area contributed by atoms with Gasteiger partial charge in [-0.2, -0.15) is 0 Å². The zero-order valence-corrected chi connectivity index (χ0v) is 16.5. The van der Waals surface area contributed by atoms with Crippen LogP contribution < -0.4 is 5.32 Å². The zero-order chi connectivity index (χ0) is 16.5. The highest BCUT2D eigenvalue weighted by molar-refractivity contribution is 14.2. The molecular weight excluding hydrogens is 453 g/mol. The molecule has 2 aromatic heterocycles. The van der Waals surface area contributed by atoms with E-state index in [4.69, 9.17) is 11.6 Å². The number of pyridine rings is 1. The average molecular weight is 468 g/mol. The molecule has 122 valence electrons. The predicted octanol–water partition coefficient (Wildman–Crippen LogP) is 5.58. The van der Waals surface area contributed by atoms with Crippen LogP contribution in [0.5, 0.6) is 0 Å². The summed E-state index contributed by atoms with van der Waals surface area (Å²) < 4.78 is 2.13. The molecule has 0 amide bonds. The molecule has 4 rings (SSSR count). The number of benzene rings is 1. The summed E-state index contributed by atoms with van der Waals surface area (Å²) in [7, 11) is 1.61. The lowest BCUT2D eigenvalue weighted by Crippen LogP contribution is -2.19. The second-order valence-corrected chi connectivity index (χ2v) is 7.78. The van der Waals surface area contributed by atoms with Gasteiger partial charge in [0.2, 0.25) is 0 Å². The number of nitrogens with one attached hydrogen (secondary N) is 1. The highest BCUT2D eigenvalue weighted by Gasteiger charge is 2.14. The van der Waals surface area contributed by atoms with Crippen LogP contribution in [0, 0.1) is 0 Å². The fourth-order valence-corrected chi connectivity index (χ4v) is 4.89. The van der Waals surface area contributed by atoms with E-state index in [1.54, 1.807) is 15.3 Å². The van der Waals surface area contributed by atoms with Crippen LogP contribution in [0.1, 0.15) is 12.0 Å². The average Bonchev–Trinajstić information content (AvgIpc) is 3.03. The first-order chi connectivity index (χ1) is 11.8. The van der Waals surface area contributed by atoms with Crippen LogP contribution in [0.2, 0.25) is 5.02 Å². The van der Waals surface area contributed by atoms with Gasteiger partial charge in [0.15, 0.2) is 5.65 Å². The molecule has 6 heteroatoms. The number of fused-ring (bicyclic) bond motifs is 1. The Balaban J connectivity index is 1.77. The lowest BCUT2D eigenvalue weighted by atomic mass is 9.98. The number of rotatable bonds is 3. The molecule has 3 nitrogen and oxygen atoms in total. The molecule has 0 atom stereocenters. The topological polar surface area (TPSA) is 29.9 Å². The Kier molecular flexibility index (Phi) is 4.85. The van der Waals surface area contributed by atoms with Gasteiger partial charge >= 0.3 is 0 Å². The number of hydrogen-bond donors (Lipinski definition) is 1. The summed E-state index contributed by atoms with van der Waals surface area (Å²) in [5.74, 6) is 0. The van der Waals surface area contributed by atoms with Gasteiger partial charge in [-0.05, 0) is 41.8 Å². The summed E-state index contributed by atoms with van der Waals surface area (Å²) in [5.41, 5.74) is 5.93. The maximum absolute atomic E-state index is 6.34. The molecule has 3 aromatic rings. The Hall–Kier alpha value is -1.02. The molecule has 0 spiro atoms. The molecule has 0 unspecified atom stereocenters. The van der Waals surface area contributed by atoms with Crippen molar-refractivity contribution >= 4 is 58.5 Å². The molecule has 3 heterocycles. The van der Waals surface area contributed by atoms with Crippen LogP contribution >= 0.6 is 41.9 Å². The Bertz CT molecular complexity index is 918. The molecule has 1 aromatic carbocycles. The van der Waals surface area contributed by atoms with Crippen molar-refractivity contribution in [3.05, 3.63) is 59.3 Å². The first-order valence-electron chi connectivity index (χ1n) is 7.73. The largest absolute Gasteiger partial charge is 0.313 e. The van der Waals surface area contributed by atoms with E-state index in [0.717, 1.165) is 41.3 Å². The molecule has 1 N–H and O–H groups in total. The second kappa shape index (κ2) is 7.07. The predicted molar refractivity (Wildman–Crippen MR) is 113 cm³/mol. The molecule has 0 fully saturated rings. The number of nitrogens with zero attached hydrogens (tertiary/aromatic N) is 2. The third-order valence-electron chi connectivity index (χ3n) is 4.29. The van der Waals surface area contributed by atoms with Crippen molar-refractivity contribution in [3.8, 4) is 11.3 Å². The minimum Gasteiger partial charge on any atom is -0.313 e. The number of halogens is 2. The van der Waals surface area contributed by atoms with E-state index in [0.29, 0.717) is 0 Å². The highest BCUT2D eigenvalue weighted by Crippen LogP contribution is 2.36. The summed E-state index contributed by atoms with van der Waals surface area (Å²) in [6.07, 6.45) is 5.12. The van der Waals surface area contributed by atoms with Crippen molar-refractivity contribution in [2.45, 2.75) is 6.42 Å². The van der Waals surface area contributed by atoms with Gasteiger partial charge in [0, 0.05) is 48.5 Å². The monoisotopic (exact) mass is 467 g/mol. The minimum atomic E-state index is 0.738. The summed E-state index contributed by atoms with van der Waals surface area (Å²) in [6.45, 7) is 2.01. The van der Waals surface area contributed by atoms with E-state index in [2.05, 4.69) is 71.9 Å². The van der Waals surface area contributed by atoms with Crippen molar-refractivity contribution in [2.24, 2.45) is 0 Å². The lowest BCUT2D eigenvalue weighted by molar-refractivity contribution is 0.738. The first kappa shape index (κ1) is 16.4. The van der Waals surface area contributed by atoms with Crippen LogP contribution in [0.3, 0.4) is 0 Å². The first-order valence-corrected chi connectivity index (χ1v) is 11.4. The van der Waals surface area contributed by atoms with Crippen LogP contribution in [0.15, 0.2) is 48.7 Å². The van der Waals surface area contributed by atoms with E-state index in [9.17, 15) is 0 Å². The van der Waals surface area contributed by atoms with Gasteiger partial charge in [-0.25, -0.2) is 4.98 Å². The molecule has 24 heavy (non-hydrogen) atoms. The van der Waals surface area contributed by atoms with Gasteiger partial charge in [0.25, 0.3) is 0 Å². The van der Waals surface area contributed by atoms with E-state index < -0.39 is 0 Å². The maximum atomic E-state index is 6.34. The van der Waals surface area contributed by atoms with Crippen molar-refractivity contribution in [2.75, 3.05) is 13.1 Å². The molecule has 1 aliphatic rings. The molecule has 1 aliphatic heterocycles. The van der Waals surface area contributed by atoms with Crippen LogP contribution in [0.4, 0.5) is 0 Å². The summed E-state index contributed by atoms with van der Waals surface area (Å²) in [4.78, 5) is 4.49. The molecule has 0 bridgehead atoms. The molecule has 0 radical (unpaired) electrons. The van der Waals surface area contributed by atoms with Crippen molar-refractivity contribution in [1.82, 2.24) is 14.3 Å². The fourth-order valence-electron chi connectivity index (χ4n) is 3.05. The van der Waals surface area contributed by atoms with Gasteiger partial charge in [-0.15, -0.1) is 0 Å². The van der Waals surface area contributed by atoms with E-state index in [1.807, 2.05) is 6.07 Å². The summed E-state index contributed by atoms with van der Waals surface area (Å²) in [5, 5.41) is 5.08. The fraction of sp³-hybridized carbons (Fsp3) is 0.167. The minimum absolute atomic E-state index is 0.738. The molecule has 0 aliphatic carbocycles. The van der Waals surface area contributed by atoms with Gasteiger partial charge in [-0.3, -0.25) is 3.97 Å². The number of aromatic nitrogens is 2. The van der Waals surface area contributed by atoms with Crippen LogP contribution in [0.25, 0.3) is 27.9 Å². The zero-order valence-electron chi connectivity index (χ0n) is 12.8. The second-order valence-electron chi connectivity index (χ2n) is 5.68. The van der Waals surface area contributed by atoms with Gasteiger partial charge in [0.05, 0.1) is 10.7 Å². The van der Waals surface area contributed by atoms with Gasteiger partial charge in [-0.1, -0.05) is 41.9 Å². The summed E-state index contributed by atoms with van der Waals surface area (Å²) in [6, 6.07) is 12.7. The molecular formula is C18H15ClIN3S. The standard InChI is InChI=1S/C18H15ClIN3S/c19-16-7-10-22-18-15(16)11-17(23(18)24-20)14-3-1-12(2-4-14)13-5-8-21-9-6-13/h1-5,7,10-11,21H,6,8-9H2. The SMILES string of the molecule is Clc1ccnc2c1cc(-c1ccc(C3=CCNCC3)cc1)n2SI. The van der Waals surface area contributed by atoms with Gasteiger partial charge in [0.1, 0.15) is 0 Å². The van der Waals surface area contributed by atoms with Crippen LogP contribution in [-0.4, -0.2) is 22.0 Å². The molecule has 0 saturated carbocycles. The van der Waals surface area contributed by atoms with E-state index >= 15 is 0 Å². The van der Waals surface area contributed by atoms with E-state index in [-0.39, 0.29) is 0 Å². The smallest absolute Gasteiger partial charge is 0.152 e. The Morgan fingerprint density at radius 1 is 1.17 bits per heavy atom. The highest BCUT2D eigenvalue weighted by atomic mass is 127. The third kappa shape index (κ3) is 2.98. The Morgan fingerprint density at radius 3 is 2.67 bits per heavy atom. The van der Waals surface area contributed by atoms with Crippen molar-refractivity contribution < 1.29 is 0 Å². The maximum Gasteiger partial charge on any atom is 0.152 e. The Morgan fingerprint density at radius 2 is 1.96 bits per heavy atom. The molecule has 0 saturated heterocycles. The number of hydrogen-bond acceptors (Lipinski definition) is 3. The van der Waals surface area contributed by atoms with Crippen LogP contribution in [-0.2, 0) is 0 Å². The van der Waals surface area contributed by atoms with Crippen molar-refractivity contribution in [1.29, 1.82) is 0 Å². The summed E-state index contributed by atoms with van der Waals surface area (Å²) >= 11 is 8.62. The van der Waals surface area contributed by atoms with E-state index in [1.165, 1.54) is 16.7 Å². The van der Waals surface area contributed by atoms with Gasteiger partial charge < -0.3 is 5.32 Å². The normalized spacial score (nSPS) is 14.8. The van der Waals surface area contributed by atoms with Crippen molar-refractivity contribution in [3.63, 3.8) is 0 Å². The third-order valence-corrected chi connectivity index (χ3v) is 6.31. The quantitative estimate of drug-likeness (QED) is 0.510. The Labute approximate surface area is 162 Å². The lowest BCUT2D eigenvalue weighted by Gasteiger charge is -2.14.